The van der Waals surface area contributed by atoms with Crippen molar-refractivity contribution in [2.75, 3.05) is 13.1 Å². The highest BCUT2D eigenvalue weighted by molar-refractivity contribution is 6.02. The summed E-state index contributed by atoms with van der Waals surface area (Å²) in [6.07, 6.45) is -3.33. The summed E-state index contributed by atoms with van der Waals surface area (Å²) >= 11 is 0. The Morgan fingerprint density at radius 2 is 1.70 bits per heavy atom. The number of hydrogen-bond acceptors (Lipinski definition) is 3. The third-order valence-electron chi connectivity index (χ3n) is 4.94. The second-order valence-electron chi connectivity index (χ2n) is 7.12. The molecule has 6 N–H and O–H groups in total. The van der Waals surface area contributed by atoms with E-state index in [-0.39, 0.29) is 29.9 Å². The van der Waals surface area contributed by atoms with Crippen LogP contribution in [0.4, 0.5) is 13.2 Å². The number of carbonyl (C=O) groups excluding carboxylic acids is 3. The third kappa shape index (κ3) is 6.19. The van der Waals surface area contributed by atoms with Crippen LogP contribution in [0.2, 0.25) is 0 Å². The fourth-order valence-corrected chi connectivity index (χ4v) is 3.48. The van der Waals surface area contributed by atoms with Crippen molar-refractivity contribution < 1.29 is 27.6 Å². The molecule has 1 aromatic carbocycles. The first-order valence-electron chi connectivity index (χ1n) is 9.40. The molecule has 11 heteroatoms. The van der Waals surface area contributed by atoms with E-state index in [4.69, 9.17) is 17.2 Å². The molecule has 2 rings (SSSR count). The van der Waals surface area contributed by atoms with E-state index in [0.717, 1.165) is 6.07 Å². The lowest BCUT2D eigenvalue weighted by Crippen LogP contribution is -2.38. The van der Waals surface area contributed by atoms with Gasteiger partial charge in [0.15, 0.2) is 5.96 Å². The Morgan fingerprint density at radius 3 is 2.23 bits per heavy atom. The van der Waals surface area contributed by atoms with Gasteiger partial charge in [-0.1, -0.05) is 6.07 Å². The smallest absolute Gasteiger partial charge is 0.370 e. The zero-order valence-corrected chi connectivity index (χ0v) is 16.2. The molecule has 1 aliphatic rings. The van der Waals surface area contributed by atoms with E-state index in [9.17, 15) is 27.6 Å². The fraction of sp³-hybridized carbons (Fsp3) is 0.474. The molecule has 1 fully saturated rings. The van der Waals surface area contributed by atoms with Gasteiger partial charge in [-0.2, -0.15) is 18.2 Å². The van der Waals surface area contributed by atoms with Crippen molar-refractivity contribution in [1.82, 2.24) is 4.90 Å². The molecule has 0 radical (unpaired) electrons. The van der Waals surface area contributed by atoms with Gasteiger partial charge in [0, 0.05) is 31.5 Å². The SMILES string of the molecule is NC(=O)CCCC(=O)N1CCC(c2ccc(C(=O)N=C(N)N)cc2C(F)(F)F)CC1. The van der Waals surface area contributed by atoms with Gasteiger partial charge in [0.2, 0.25) is 11.8 Å². The summed E-state index contributed by atoms with van der Waals surface area (Å²) in [5.74, 6) is -2.54. The molecule has 0 spiro atoms. The zero-order valence-electron chi connectivity index (χ0n) is 16.2. The van der Waals surface area contributed by atoms with Crippen molar-refractivity contribution >= 4 is 23.7 Å². The number of guanidine groups is 1. The molecule has 3 amide bonds. The summed E-state index contributed by atoms with van der Waals surface area (Å²) in [5.41, 5.74) is 14.2. The average molecular weight is 427 g/mol. The van der Waals surface area contributed by atoms with E-state index in [1.165, 1.54) is 12.1 Å². The molecular formula is C19H24F3N5O3. The number of aliphatic imine (C=N–C) groups is 1. The fourth-order valence-electron chi connectivity index (χ4n) is 3.48. The lowest BCUT2D eigenvalue weighted by molar-refractivity contribution is -0.139. The van der Waals surface area contributed by atoms with Gasteiger partial charge in [0.1, 0.15) is 0 Å². The number of rotatable bonds is 6. The van der Waals surface area contributed by atoms with Gasteiger partial charge in [0.05, 0.1) is 5.56 Å². The first-order chi connectivity index (χ1) is 14.0. The number of alkyl halides is 3. The molecule has 0 atom stereocenters. The number of piperidine rings is 1. The molecule has 30 heavy (non-hydrogen) atoms. The maximum Gasteiger partial charge on any atom is 0.416 e. The number of halogens is 3. The van der Waals surface area contributed by atoms with Gasteiger partial charge < -0.3 is 22.1 Å². The highest BCUT2D eigenvalue weighted by Gasteiger charge is 2.37. The lowest BCUT2D eigenvalue weighted by Gasteiger charge is -2.33. The minimum Gasteiger partial charge on any atom is -0.370 e. The highest BCUT2D eigenvalue weighted by Crippen LogP contribution is 2.39. The zero-order chi connectivity index (χ0) is 22.5. The maximum atomic E-state index is 13.6. The van der Waals surface area contributed by atoms with E-state index in [0.29, 0.717) is 32.4 Å². The van der Waals surface area contributed by atoms with Gasteiger partial charge >= 0.3 is 6.18 Å². The molecule has 8 nitrogen and oxygen atoms in total. The number of benzene rings is 1. The Hall–Kier alpha value is -3.11. The summed E-state index contributed by atoms with van der Waals surface area (Å²) in [6.45, 7) is 0.623. The van der Waals surface area contributed by atoms with E-state index >= 15 is 0 Å². The molecule has 1 aliphatic heterocycles. The number of likely N-dealkylation sites (tertiary alicyclic amines) is 1. The monoisotopic (exact) mass is 427 g/mol. The van der Waals surface area contributed by atoms with Gasteiger partial charge in [-0.05, 0) is 42.9 Å². The summed E-state index contributed by atoms with van der Waals surface area (Å²) in [4.78, 5) is 39.7. The highest BCUT2D eigenvalue weighted by atomic mass is 19.4. The van der Waals surface area contributed by atoms with Crippen LogP contribution in [-0.2, 0) is 15.8 Å². The number of hydrogen-bond donors (Lipinski definition) is 3. The molecule has 0 aliphatic carbocycles. The Morgan fingerprint density at radius 1 is 1.07 bits per heavy atom. The first-order valence-corrected chi connectivity index (χ1v) is 9.40. The van der Waals surface area contributed by atoms with Crippen LogP contribution in [0.3, 0.4) is 0 Å². The molecular weight excluding hydrogens is 403 g/mol. The summed E-state index contributed by atoms with van der Waals surface area (Å²) < 4.78 is 40.9. The van der Waals surface area contributed by atoms with Crippen molar-refractivity contribution in [3.8, 4) is 0 Å². The van der Waals surface area contributed by atoms with Crippen LogP contribution >= 0.6 is 0 Å². The first kappa shape index (κ1) is 23.2. The van der Waals surface area contributed by atoms with Crippen LogP contribution < -0.4 is 17.2 Å². The molecule has 1 saturated heterocycles. The number of carbonyl (C=O) groups is 3. The Kier molecular flexibility index (Phi) is 7.41. The predicted molar refractivity (Wildman–Crippen MR) is 103 cm³/mol. The summed E-state index contributed by atoms with van der Waals surface area (Å²) in [6, 6.07) is 3.29. The molecule has 0 unspecified atom stereocenters. The quantitative estimate of drug-likeness (QED) is 0.465. The Bertz CT molecular complexity index is 842. The van der Waals surface area contributed by atoms with Crippen molar-refractivity contribution in [3.63, 3.8) is 0 Å². The van der Waals surface area contributed by atoms with E-state index in [1.54, 1.807) is 4.90 Å². The summed E-state index contributed by atoms with van der Waals surface area (Å²) in [7, 11) is 0. The Balaban J connectivity index is 2.12. The minimum absolute atomic E-state index is 0.0737. The van der Waals surface area contributed by atoms with Gasteiger partial charge in [-0.15, -0.1) is 0 Å². The number of nitrogens with two attached hydrogens (primary N) is 3. The molecule has 0 aromatic heterocycles. The number of amides is 3. The molecule has 1 aromatic rings. The number of nitrogens with zero attached hydrogens (tertiary/aromatic N) is 2. The summed E-state index contributed by atoms with van der Waals surface area (Å²) in [5, 5.41) is 0. The van der Waals surface area contributed by atoms with Crippen LogP contribution in [-0.4, -0.2) is 41.7 Å². The van der Waals surface area contributed by atoms with Crippen molar-refractivity contribution in [2.24, 2.45) is 22.2 Å². The van der Waals surface area contributed by atoms with Crippen LogP contribution in [0.25, 0.3) is 0 Å². The maximum absolute atomic E-state index is 13.6. The van der Waals surface area contributed by atoms with Crippen molar-refractivity contribution in [2.45, 2.75) is 44.2 Å². The largest absolute Gasteiger partial charge is 0.416 e. The second kappa shape index (κ2) is 9.59. The van der Waals surface area contributed by atoms with E-state index in [2.05, 4.69) is 4.99 Å². The number of primary amides is 1. The van der Waals surface area contributed by atoms with E-state index < -0.39 is 35.4 Å². The van der Waals surface area contributed by atoms with Gasteiger partial charge in [0.25, 0.3) is 5.91 Å². The topological polar surface area (TPSA) is 145 Å². The van der Waals surface area contributed by atoms with Crippen LogP contribution in [0.5, 0.6) is 0 Å². The average Bonchev–Trinajstić information content (AvgIpc) is 2.66. The Labute approximate surface area is 171 Å². The standard InChI is InChI=1S/C19H24F3N5O3/c20-19(21,22)14-10-12(17(30)26-18(24)25)4-5-13(14)11-6-8-27(9-7-11)16(29)3-1-2-15(23)28/h4-5,10-11H,1-3,6-9H2,(H2,23,28)(H4,24,25,26,30). The third-order valence-corrected chi connectivity index (χ3v) is 4.94. The minimum atomic E-state index is -4.66. The van der Waals surface area contributed by atoms with Crippen molar-refractivity contribution in [3.05, 3.63) is 34.9 Å². The second-order valence-corrected chi connectivity index (χ2v) is 7.12. The predicted octanol–water partition coefficient (Wildman–Crippen LogP) is 1.48. The van der Waals surface area contributed by atoms with Gasteiger partial charge in [-0.3, -0.25) is 14.4 Å². The molecule has 1 heterocycles. The van der Waals surface area contributed by atoms with Crippen LogP contribution in [0.15, 0.2) is 23.2 Å². The van der Waals surface area contributed by atoms with E-state index in [1.807, 2.05) is 0 Å². The van der Waals surface area contributed by atoms with Crippen LogP contribution in [0, 0.1) is 0 Å². The lowest BCUT2D eigenvalue weighted by atomic mass is 9.85. The van der Waals surface area contributed by atoms with Crippen LogP contribution in [0.1, 0.15) is 59.5 Å². The van der Waals surface area contributed by atoms with Crippen molar-refractivity contribution in [1.29, 1.82) is 0 Å². The molecule has 0 saturated carbocycles. The normalized spacial score (nSPS) is 15.0. The van der Waals surface area contributed by atoms with Gasteiger partial charge in [-0.25, -0.2) is 0 Å². The molecule has 0 bridgehead atoms. The molecule has 164 valence electrons.